The van der Waals surface area contributed by atoms with Crippen LogP contribution < -0.4 is 9.80 Å². The molecule has 0 saturated carbocycles. The Bertz CT molecular complexity index is 2370. The highest BCUT2D eigenvalue weighted by molar-refractivity contribution is 7.85. The second kappa shape index (κ2) is 16.7. The van der Waals surface area contributed by atoms with Gasteiger partial charge in [-0.1, -0.05) is 47.5 Å². The molecule has 0 amide bonds. The van der Waals surface area contributed by atoms with Gasteiger partial charge in [0, 0.05) is 59.5 Å². The number of pyridine rings is 2. The monoisotopic (exact) mass is 850 g/mol. The Morgan fingerprint density at radius 3 is 1.34 bits per heavy atom. The van der Waals surface area contributed by atoms with Crippen LogP contribution in [0.3, 0.4) is 0 Å². The Morgan fingerprint density at radius 1 is 0.517 bits per heavy atom. The van der Waals surface area contributed by atoms with Gasteiger partial charge in [0.1, 0.15) is 13.1 Å². The molecule has 2 aliphatic heterocycles. The van der Waals surface area contributed by atoms with Gasteiger partial charge < -0.3 is 18.8 Å². The maximum Gasteiger partial charge on any atom is 0.104 e. The minimum absolute atomic E-state index is 0.641. The number of fused-ring (bicyclic) bond motifs is 4. The highest BCUT2D eigenvalue weighted by Crippen LogP contribution is 2.44. The van der Waals surface area contributed by atoms with Crippen molar-refractivity contribution in [3.63, 3.8) is 0 Å². The van der Waals surface area contributed by atoms with E-state index in [0.717, 1.165) is 115 Å². The smallest absolute Gasteiger partial charge is 0.104 e. The van der Waals surface area contributed by atoms with Gasteiger partial charge in [-0.05, 0) is 84.9 Å². The summed E-state index contributed by atoms with van der Waals surface area (Å²) in [7, 11) is 6.59. The van der Waals surface area contributed by atoms with Crippen LogP contribution in [0.4, 0.5) is 22.7 Å². The molecule has 0 saturated heterocycles. The first-order valence-electron chi connectivity index (χ1n) is 19.6. The van der Waals surface area contributed by atoms with E-state index in [9.17, 15) is 8.42 Å². The van der Waals surface area contributed by atoms with E-state index in [2.05, 4.69) is 74.4 Å². The third-order valence-electron chi connectivity index (χ3n) is 11.0. The van der Waals surface area contributed by atoms with Crippen LogP contribution in [-0.4, -0.2) is 81.7 Å². The predicted molar refractivity (Wildman–Crippen MR) is 237 cm³/mol. The topological polar surface area (TPSA) is 66.4 Å². The molecule has 2 aromatic heterocycles. The molecule has 0 radical (unpaired) electrons. The van der Waals surface area contributed by atoms with Crippen LogP contribution in [0.5, 0.6) is 0 Å². The number of aromatic nitrogens is 2. The lowest BCUT2D eigenvalue weighted by Crippen LogP contribution is -2.41. The maximum atomic E-state index is 13.4. The molecule has 2 atom stereocenters. The first-order chi connectivity index (χ1) is 27.9. The fourth-order valence-corrected chi connectivity index (χ4v) is 11.3. The maximum absolute atomic E-state index is 13.4. The van der Waals surface area contributed by atoms with E-state index in [-0.39, 0.29) is 0 Å². The Kier molecular flexibility index (Phi) is 11.6. The summed E-state index contributed by atoms with van der Waals surface area (Å²) in [4.78, 5) is 17.3. The number of nitrogens with zero attached hydrogens (tertiary/aromatic N) is 6. The van der Waals surface area contributed by atoms with Crippen molar-refractivity contribution in [3.05, 3.63) is 143 Å². The van der Waals surface area contributed by atoms with Crippen molar-refractivity contribution < 1.29 is 17.4 Å². The lowest BCUT2D eigenvalue weighted by molar-refractivity contribution is -0.903. The summed E-state index contributed by atoms with van der Waals surface area (Å²) in [5.41, 5.74) is 7.97. The molecule has 0 bridgehead atoms. The predicted octanol–water partition coefficient (Wildman–Crippen LogP) is 10.0. The molecule has 6 aromatic rings. The molecule has 8 nitrogen and oxygen atoms in total. The molecular formula is C46H48Cl2N6O2S2+2. The van der Waals surface area contributed by atoms with Crippen molar-refractivity contribution in [2.75, 3.05) is 64.2 Å². The number of halogens is 2. The molecule has 8 rings (SSSR count). The van der Waals surface area contributed by atoms with Crippen LogP contribution in [0, 0.1) is 0 Å². The van der Waals surface area contributed by atoms with Gasteiger partial charge in [-0.25, -0.2) is 8.42 Å². The first-order valence-corrected chi connectivity index (χ1v) is 22.6. The first kappa shape index (κ1) is 40.4. The number of hydrogen-bond acceptors (Lipinski definition) is 6. The number of para-hydroxylation sites is 2. The summed E-state index contributed by atoms with van der Waals surface area (Å²) >= 11 is 12.9. The van der Waals surface area contributed by atoms with Crippen molar-refractivity contribution in [1.82, 2.24) is 9.97 Å². The Labute approximate surface area is 356 Å². The molecule has 4 aromatic carbocycles. The molecule has 298 valence electrons. The summed E-state index contributed by atoms with van der Waals surface area (Å²) in [6.45, 7) is 5.15. The average Bonchev–Trinajstić information content (AvgIpc) is 3.20. The fraction of sp³-hybridized carbons (Fsp3) is 0.261. The SMILES string of the molecule is C[N+](C)(CCCN1c2ccccc2S(=O)c2ccc(Cl)cc21)Cc1ccnc(-c2cc(C[N+](C)(C)CCCN3c4ccccc4S(=O)c4ccc(Cl)cc43)ccn2)c1. The van der Waals surface area contributed by atoms with E-state index >= 15 is 0 Å². The van der Waals surface area contributed by atoms with Crippen molar-refractivity contribution in [1.29, 1.82) is 0 Å². The van der Waals surface area contributed by atoms with Crippen molar-refractivity contribution in [3.8, 4) is 11.4 Å². The number of benzene rings is 4. The van der Waals surface area contributed by atoms with Crippen molar-refractivity contribution >= 4 is 67.6 Å². The number of rotatable bonds is 13. The molecule has 12 heteroatoms. The zero-order valence-corrected chi connectivity index (χ0v) is 36.4. The van der Waals surface area contributed by atoms with Gasteiger partial charge in [0.05, 0.1) is 117 Å². The molecule has 58 heavy (non-hydrogen) atoms. The Morgan fingerprint density at radius 2 is 0.914 bits per heavy atom. The Balaban J connectivity index is 0.898. The van der Waals surface area contributed by atoms with E-state index < -0.39 is 21.6 Å². The normalized spacial score (nSPS) is 16.0. The van der Waals surface area contributed by atoms with Gasteiger partial charge in [-0.15, -0.1) is 0 Å². The standard InChI is InChI=1S/C46H48Cl2N6O2S2/c1-53(2,25-9-23-51-39-11-5-7-13-43(39)57(55)45-17-15-35(47)29-41(45)51)31-33-19-21-49-37(27-33)38-28-34(20-22-50-38)32-54(3,4)26-10-24-52-40-12-6-8-14-44(40)58(56)46-18-16-36(48)30-42(46)52/h5-8,11-22,27-30H,9-10,23-26,31-32H2,1-4H3/q+2. The lowest BCUT2D eigenvalue weighted by Gasteiger charge is -2.35. The molecule has 2 unspecified atom stereocenters. The summed E-state index contributed by atoms with van der Waals surface area (Å²) in [6, 6.07) is 35.8. The summed E-state index contributed by atoms with van der Waals surface area (Å²) in [5.74, 6) is 0. The molecular weight excluding hydrogens is 804 g/mol. The van der Waals surface area contributed by atoms with E-state index in [0.29, 0.717) is 10.0 Å². The van der Waals surface area contributed by atoms with Gasteiger partial charge in [0.2, 0.25) is 0 Å². The average molecular weight is 852 g/mol. The quantitative estimate of drug-likeness (QED) is 0.108. The van der Waals surface area contributed by atoms with E-state index in [1.165, 1.54) is 11.1 Å². The third-order valence-corrected chi connectivity index (χ3v) is 14.4. The highest BCUT2D eigenvalue weighted by Gasteiger charge is 2.30. The van der Waals surface area contributed by atoms with Crippen LogP contribution in [0.15, 0.2) is 141 Å². The molecule has 0 aliphatic carbocycles. The van der Waals surface area contributed by atoms with Crippen LogP contribution in [0.2, 0.25) is 10.0 Å². The summed E-state index contributed by atoms with van der Waals surface area (Å²) < 4.78 is 28.4. The van der Waals surface area contributed by atoms with Gasteiger partial charge in [0.15, 0.2) is 0 Å². The molecule has 4 heterocycles. The van der Waals surface area contributed by atoms with Gasteiger partial charge in [-0.2, -0.15) is 0 Å². The molecule has 0 N–H and O–H groups in total. The zero-order valence-electron chi connectivity index (χ0n) is 33.3. The second-order valence-electron chi connectivity index (χ2n) is 16.4. The summed E-state index contributed by atoms with van der Waals surface area (Å²) in [5, 5.41) is 1.28. The van der Waals surface area contributed by atoms with Crippen LogP contribution >= 0.6 is 23.2 Å². The minimum atomic E-state index is -1.24. The van der Waals surface area contributed by atoms with E-state index in [1.807, 2.05) is 85.2 Å². The van der Waals surface area contributed by atoms with Crippen molar-refractivity contribution in [2.24, 2.45) is 0 Å². The van der Waals surface area contributed by atoms with Crippen molar-refractivity contribution in [2.45, 2.75) is 45.5 Å². The van der Waals surface area contributed by atoms with Gasteiger partial charge >= 0.3 is 0 Å². The van der Waals surface area contributed by atoms with E-state index in [4.69, 9.17) is 33.2 Å². The third kappa shape index (κ3) is 8.64. The van der Waals surface area contributed by atoms with E-state index in [1.54, 1.807) is 0 Å². The largest absolute Gasteiger partial charge is 0.339 e. The molecule has 2 aliphatic rings. The lowest BCUT2D eigenvalue weighted by atomic mass is 10.1. The zero-order chi connectivity index (χ0) is 40.6. The van der Waals surface area contributed by atoms with Crippen LogP contribution in [0.25, 0.3) is 11.4 Å². The number of quaternary nitrogens is 2. The fourth-order valence-electron chi connectivity index (χ4n) is 8.25. The van der Waals surface area contributed by atoms with Gasteiger partial charge in [0.25, 0.3) is 0 Å². The molecule has 0 fully saturated rings. The van der Waals surface area contributed by atoms with Crippen LogP contribution in [0.1, 0.15) is 24.0 Å². The van der Waals surface area contributed by atoms with Gasteiger partial charge in [-0.3, -0.25) is 9.97 Å². The minimum Gasteiger partial charge on any atom is -0.339 e. The Hall–Kier alpha value is -4.42. The number of anilines is 4. The van der Waals surface area contributed by atoms with Crippen LogP contribution in [-0.2, 0) is 34.7 Å². The number of hydrogen-bond donors (Lipinski definition) is 0. The summed E-state index contributed by atoms with van der Waals surface area (Å²) in [6.07, 6.45) is 5.65. The molecule has 0 spiro atoms. The second-order valence-corrected chi connectivity index (χ2v) is 20.1. The highest BCUT2D eigenvalue weighted by atomic mass is 35.5.